The van der Waals surface area contributed by atoms with E-state index in [-0.39, 0.29) is 29.4 Å². The summed E-state index contributed by atoms with van der Waals surface area (Å²) in [7, 11) is 0. The minimum atomic E-state index is -0.210. The summed E-state index contributed by atoms with van der Waals surface area (Å²) < 4.78 is 0. The van der Waals surface area contributed by atoms with Crippen LogP contribution in [0.4, 0.5) is 0 Å². The highest BCUT2D eigenvalue weighted by Gasteiger charge is 2.18. The molecule has 0 spiro atoms. The van der Waals surface area contributed by atoms with Crippen LogP contribution in [-0.2, 0) is 11.3 Å². The van der Waals surface area contributed by atoms with E-state index in [0.29, 0.717) is 12.1 Å². The van der Waals surface area contributed by atoms with Crippen LogP contribution in [0.15, 0.2) is 54.6 Å². The van der Waals surface area contributed by atoms with E-state index in [2.05, 4.69) is 5.32 Å². The fourth-order valence-electron chi connectivity index (χ4n) is 2.11. The molecule has 0 bridgehead atoms. The zero-order valence-electron chi connectivity index (χ0n) is 12.8. The normalized spacial score (nSPS) is 11.2. The Morgan fingerprint density at radius 3 is 2.30 bits per heavy atom. The van der Waals surface area contributed by atoms with Gasteiger partial charge in [-0.15, -0.1) is 24.2 Å². The maximum atomic E-state index is 12.3. The van der Waals surface area contributed by atoms with Crippen LogP contribution in [0.5, 0.6) is 0 Å². The van der Waals surface area contributed by atoms with Crippen LogP contribution < -0.4 is 11.1 Å². The molecule has 0 radical (unpaired) electrons. The third-order valence-corrected chi connectivity index (χ3v) is 4.27. The number of rotatable bonds is 6. The molecule has 4 N–H and O–H groups in total. The van der Waals surface area contributed by atoms with Gasteiger partial charge in [0, 0.05) is 12.1 Å². The lowest BCUT2D eigenvalue weighted by Crippen LogP contribution is -2.27. The third kappa shape index (κ3) is 5.30. The first-order valence-corrected chi connectivity index (χ1v) is 8.19. The molecule has 6 heteroatoms. The number of amides is 1. The highest BCUT2D eigenvalue weighted by molar-refractivity contribution is 7.99. The second-order valence-electron chi connectivity index (χ2n) is 4.85. The molecule has 2 aromatic rings. The molecule has 0 aliphatic heterocycles. The SMILES string of the molecule is CS[C@H](C(=O)NCc1ccc(C(=N)N)cc1)c1ccccc1.Cl. The molecule has 2 rings (SSSR count). The van der Waals surface area contributed by atoms with Crippen molar-refractivity contribution in [1.29, 1.82) is 5.41 Å². The third-order valence-electron chi connectivity index (χ3n) is 3.31. The van der Waals surface area contributed by atoms with Gasteiger partial charge in [0.2, 0.25) is 5.91 Å². The number of thioether (sulfide) groups is 1. The fraction of sp³-hybridized carbons (Fsp3) is 0.176. The molecule has 0 aliphatic carbocycles. The summed E-state index contributed by atoms with van der Waals surface area (Å²) in [5.74, 6) is 0.0384. The topological polar surface area (TPSA) is 79.0 Å². The summed E-state index contributed by atoms with van der Waals surface area (Å²) in [4.78, 5) is 12.3. The molecule has 0 aromatic heterocycles. The van der Waals surface area contributed by atoms with Crippen LogP contribution in [0.3, 0.4) is 0 Å². The Balaban J connectivity index is 0.00000264. The predicted octanol–water partition coefficient (Wildman–Crippen LogP) is 3.11. The zero-order valence-corrected chi connectivity index (χ0v) is 14.4. The molecule has 0 unspecified atom stereocenters. The van der Waals surface area contributed by atoms with Gasteiger partial charge in [0.15, 0.2) is 0 Å². The van der Waals surface area contributed by atoms with E-state index in [1.54, 1.807) is 12.1 Å². The maximum Gasteiger partial charge on any atom is 0.237 e. The van der Waals surface area contributed by atoms with Crippen molar-refractivity contribution in [3.8, 4) is 0 Å². The molecule has 0 aliphatic rings. The van der Waals surface area contributed by atoms with Crippen molar-refractivity contribution >= 4 is 35.9 Å². The van der Waals surface area contributed by atoms with Crippen molar-refractivity contribution < 1.29 is 4.79 Å². The van der Waals surface area contributed by atoms with Gasteiger partial charge >= 0.3 is 0 Å². The van der Waals surface area contributed by atoms with Crippen molar-refractivity contribution in [3.63, 3.8) is 0 Å². The molecule has 0 fully saturated rings. The van der Waals surface area contributed by atoms with E-state index < -0.39 is 0 Å². The number of nitrogens with one attached hydrogen (secondary N) is 2. The molecule has 122 valence electrons. The molecular weight excluding hydrogens is 330 g/mol. The van der Waals surface area contributed by atoms with Gasteiger partial charge in [-0.2, -0.15) is 0 Å². The highest BCUT2D eigenvalue weighted by atomic mass is 35.5. The van der Waals surface area contributed by atoms with Gasteiger partial charge in [0.1, 0.15) is 11.1 Å². The number of benzene rings is 2. The van der Waals surface area contributed by atoms with Gasteiger partial charge in [-0.1, -0.05) is 54.6 Å². The molecule has 1 amide bonds. The first-order valence-electron chi connectivity index (χ1n) is 6.90. The number of hydrogen-bond acceptors (Lipinski definition) is 3. The summed E-state index contributed by atoms with van der Waals surface area (Å²) >= 11 is 1.52. The summed E-state index contributed by atoms with van der Waals surface area (Å²) in [6, 6.07) is 17.0. The van der Waals surface area contributed by atoms with Gasteiger partial charge in [-0.05, 0) is 17.4 Å². The Morgan fingerprint density at radius 1 is 1.17 bits per heavy atom. The summed E-state index contributed by atoms with van der Waals surface area (Å²) in [5, 5.41) is 10.1. The van der Waals surface area contributed by atoms with Gasteiger partial charge in [-0.25, -0.2) is 0 Å². The number of nitrogen functional groups attached to an aromatic ring is 1. The zero-order chi connectivity index (χ0) is 15.9. The first-order chi connectivity index (χ1) is 10.6. The van der Waals surface area contributed by atoms with E-state index in [4.69, 9.17) is 11.1 Å². The van der Waals surface area contributed by atoms with Crippen LogP contribution in [-0.4, -0.2) is 18.0 Å². The van der Waals surface area contributed by atoms with Crippen LogP contribution in [0, 0.1) is 5.41 Å². The standard InChI is InChI=1S/C17H19N3OS.ClH/c1-22-15(13-5-3-2-4-6-13)17(21)20-11-12-7-9-14(10-8-12)16(18)19;/h2-10,15H,11H2,1H3,(H3,18,19)(H,20,21);1H/t15-;/m0./s1. The summed E-state index contributed by atoms with van der Waals surface area (Å²) in [6.07, 6.45) is 1.93. The smallest absolute Gasteiger partial charge is 0.237 e. The maximum absolute atomic E-state index is 12.3. The number of nitrogens with two attached hydrogens (primary N) is 1. The van der Waals surface area contributed by atoms with Gasteiger partial charge in [0.05, 0.1) is 0 Å². The van der Waals surface area contributed by atoms with Crippen LogP contribution in [0.25, 0.3) is 0 Å². The Morgan fingerprint density at radius 2 is 1.78 bits per heavy atom. The number of carbonyl (C=O) groups is 1. The summed E-state index contributed by atoms with van der Waals surface area (Å²) in [6.45, 7) is 0.459. The predicted molar refractivity (Wildman–Crippen MR) is 99.3 cm³/mol. The second-order valence-corrected chi connectivity index (χ2v) is 5.80. The number of carbonyl (C=O) groups excluding carboxylic acids is 1. The van der Waals surface area contributed by atoms with Crippen molar-refractivity contribution in [2.24, 2.45) is 5.73 Å². The minimum Gasteiger partial charge on any atom is -0.384 e. The number of hydrogen-bond donors (Lipinski definition) is 3. The average Bonchev–Trinajstić information content (AvgIpc) is 2.55. The lowest BCUT2D eigenvalue weighted by Gasteiger charge is -2.15. The van der Waals surface area contributed by atoms with Gasteiger partial charge in [-0.3, -0.25) is 10.2 Å². The lowest BCUT2D eigenvalue weighted by molar-refractivity contribution is -0.120. The molecular formula is C17H20ClN3OS. The Labute approximate surface area is 146 Å². The molecule has 2 aromatic carbocycles. The number of amidine groups is 1. The Bertz CT molecular complexity index is 647. The quantitative estimate of drug-likeness (QED) is 0.553. The highest BCUT2D eigenvalue weighted by Crippen LogP contribution is 2.26. The van der Waals surface area contributed by atoms with E-state index in [1.807, 2.05) is 48.7 Å². The van der Waals surface area contributed by atoms with E-state index in [1.165, 1.54) is 11.8 Å². The molecule has 1 atom stereocenters. The molecule has 0 heterocycles. The molecule has 0 saturated carbocycles. The van der Waals surface area contributed by atoms with Crippen molar-refractivity contribution in [1.82, 2.24) is 5.32 Å². The van der Waals surface area contributed by atoms with E-state index in [9.17, 15) is 4.79 Å². The minimum absolute atomic E-state index is 0. The Hall–Kier alpha value is -1.98. The molecule has 4 nitrogen and oxygen atoms in total. The summed E-state index contributed by atoms with van der Waals surface area (Å²) in [5.41, 5.74) is 8.08. The largest absolute Gasteiger partial charge is 0.384 e. The second kappa shape index (κ2) is 9.22. The fourth-order valence-corrected chi connectivity index (χ4v) is 2.83. The number of halogens is 1. The average molecular weight is 350 g/mol. The van der Waals surface area contributed by atoms with Crippen LogP contribution in [0.2, 0.25) is 0 Å². The first kappa shape index (κ1) is 19.1. The van der Waals surface area contributed by atoms with Crippen LogP contribution >= 0.6 is 24.2 Å². The molecule has 0 saturated heterocycles. The van der Waals surface area contributed by atoms with Gasteiger partial charge < -0.3 is 11.1 Å². The lowest BCUT2D eigenvalue weighted by atomic mass is 10.1. The van der Waals surface area contributed by atoms with Crippen molar-refractivity contribution in [2.45, 2.75) is 11.8 Å². The van der Waals surface area contributed by atoms with E-state index >= 15 is 0 Å². The van der Waals surface area contributed by atoms with Crippen LogP contribution in [0.1, 0.15) is 21.9 Å². The van der Waals surface area contributed by atoms with Crippen molar-refractivity contribution in [2.75, 3.05) is 6.26 Å². The van der Waals surface area contributed by atoms with E-state index in [0.717, 1.165) is 11.1 Å². The molecule has 23 heavy (non-hydrogen) atoms. The van der Waals surface area contributed by atoms with Crippen molar-refractivity contribution in [3.05, 3.63) is 71.3 Å². The monoisotopic (exact) mass is 349 g/mol. The Kier molecular flexibility index (Phi) is 7.65. The van der Waals surface area contributed by atoms with Gasteiger partial charge in [0.25, 0.3) is 0 Å².